The predicted octanol–water partition coefficient (Wildman–Crippen LogP) is -0.682. The largest absolute Gasteiger partial charge is 0.756 e. The zero-order valence-corrected chi connectivity index (χ0v) is 36.6. The Balaban J connectivity index is 0.000000270. The Morgan fingerprint density at radius 1 is 0.825 bits per heavy atom. The topological polar surface area (TPSA) is 239 Å². The molecule has 24 heteroatoms. The van der Waals surface area contributed by atoms with Crippen molar-refractivity contribution >= 4 is 47.0 Å². The third kappa shape index (κ3) is 19.3. The molecule has 18 nitrogen and oxygen atoms in total. The zero-order chi connectivity index (χ0) is 43.2. The number of phosphoric acid groups is 1. The van der Waals surface area contributed by atoms with Gasteiger partial charge in [-0.25, -0.2) is 9.65 Å². The van der Waals surface area contributed by atoms with Crippen LogP contribution in [0.25, 0.3) is 0 Å². The number of aliphatic hydroxyl groups is 1. The second kappa shape index (κ2) is 25.3. The second-order valence-corrected chi connectivity index (χ2v) is 18.0. The maximum Gasteiger partial charge on any atom is 0.403 e. The van der Waals surface area contributed by atoms with Gasteiger partial charge < -0.3 is 67.6 Å². The molecule has 5 aliphatic rings. The molecule has 5 heterocycles. The summed E-state index contributed by atoms with van der Waals surface area (Å²) in [7, 11) is 14.1. The van der Waals surface area contributed by atoms with E-state index in [1.807, 2.05) is 55.4 Å². The van der Waals surface area contributed by atoms with Crippen LogP contribution in [-0.4, -0.2) is 178 Å². The molecule has 5 saturated heterocycles. The molecule has 0 spiro atoms. The second-order valence-electron chi connectivity index (χ2n) is 15.1. The van der Waals surface area contributed by atoms with E-state index in [0.29, 0.717) is 6.61 Å². The van der Waals surface area contributed by atoms with Crippen LogP contribution in [0.15, 0.2) is 0 Å². The van der Waals surface area contributed by atoms with Crippen molar-refractivity contribution in [3.63, 3.8) is 0 Å². The number of rotatable bonds is 15. The number of aliphatic hydroxyl groups excluding tert-OH is 1. The van der Waals surface area contributed by atoms with Gasteiger partial charge in [-0.05, 0) is 68.2 Å². The number of hydrogen-bond acceptors (Lipinski definition) is 15. The number of ether oxygens (including phenoxy) is 8. The third-order valence-corrected chi connectivity index (χ3v) is 10.7. The van der Waals surface area contributed by atoms with Crippen molar-refractivity contribution in [2.24, 2.45) is 0 Å². The minimum Gasteiger partial charge on any atom is -0.756 e. The van der Waals surface area contributed by atoms with E-state index < -0.39 is 64.2 Å². The van der Waals surface area contributed by atoms with Crippen molar-refractivity contribution in [2.45, 2.75) is 179 Å². The lowest BCUT2D eigenvalue weighted by molar-refractivity contribution is -0.388. The number of fused-ring (bicyclic) bond motifs is 1. The van der Waals surface area contributed by atoms with Gasteiger partial charge in [-0.3, -0.25) is 9.09 Å². The summed E-state index contributed by atoms with van der Waals surface area (Å²) in [4.78, 5) is 20.7. The number of nitrogens with one attached hydrogen (secondary N) is 1. The Bertz CT molecular complexity index is 1240. The standard InChI is InChI=1S/C10H21BNO6P.C8H16BNO2.C8H14BO6P.C7H13BO2/c1-4-12-19(14,15)18-9-7(5-16-6(2)3)17-10(11)8(9)13;1-5(2)11-6-3-8(9)12-7(6)4-10;1-4(2)12-3-5-6-7(8(9)13-5)15-16(10,11)14-6;1-5(2)10-6-3-7(8)9-4-6/h6-10,13H,4-5H2,1-3H3,(H2,12,14,15);5-8H,3-4,10H2,1-2H3;4-8H,3H2,1-2H3,(H,10,11);5-7H,3-4H2,1-2H3/t7-,8+,9?,10-;6?,7-,8-;5-,6?,7+,8-;6?,7-/m1111/s1. The smallest absolute Gasteiger partial charge is 0.403 e. The van der Waals surface area contributed by atoms with Gasteiger partial charge in [0.05, 0.1) is 56.4 Å². The molecule has 0 amide bonds. The first-order chi connectivity index (χ1) is 26.5. The van der Waals surface area contributed by atoms with E-state index in [0.717, 1.165) is 19.4 Å². The van der Waals surface area contributed by atoms with E-state index in [4.69, 9.17) is 82.9 Å². The summed E-state index contributed by atoms with van der Waals surface area (Å²) < 4.78 is 80.2. The number of phosphoric ester groups is 1. The van der Waals surface area contributed by atoms with Crippen LogP contribution in [0.1, 0.15) is 75.2 Å². The monoisotopic (exact) mass is 850 g/mol. The summed E-state index contributed by atoms with van der Waals surface area (Å²) >= 11 is 0. The Hall–Kier alpha value is 0.0797. The maximum atomic E-state index is 11.7. The highest BCUT2D eigenvalue weighted by Crippen LogP contribution is 2.53. The highest BCUT2D eigenvalue weighted by atomic mass is 31.2. The van der Waals surface area contributed by atoms with Crippen LogP contribution in [0.2, 0.25) is 0 Å². The van der Waals surface area contributed by atoms with Crippen LogP contribution in [0, 0.1) is 0 Å². The van der Waals surface area contributed by atoms with Gasteiger partial charge in [0.2, 0.25) is 0 Å². The first kappa shape index (κ1) is 53.2. The molecule has 8 radical (unpaired) electrons. The minimum atomic E-state index is -4.21. The van der Waals surface area contributed by atoms with Crippen LogP contribution >= 0.6 is 15.6 Å². The van der Waals surface area contributed by atoms with Crippen molar-refractivity contribution in [1.29, 1.82) is 0 Å². The van der Waals surface area contributed by atoms with E-state index in [-0.39, 0.29) is 74.5 Å². The van der Waals surface area contributed by atoms with Gasteiger partial charge in [0.25, 0.3) is 7.82 Å². The van der Waals surface area contributed by atoms with Crippen molar-refractivity contribution in [3.05, 3.63) is 0 Å². The van der Waals surface area contributed by atoms with Gasteiger partial charge in [-0.2, -0.15) is 0 Å². The van der Waals surface area contributed by atoms with Crippen LogP contribution < -0.4 is 15.7 Å². The molecule has 0 aromatic carbocycles. The molecule has 5 aliphatic heterocycles. The van der Waals surface area contributed by atoms with Gasteiger partial charge in [0, 0.05) is 30.6 Å². The lowest BCUT2D eigenvalue weighted by Crippen LogP contribution is -2.58. The van der Waals surface area contributed by atoms with Crippen LogP contribution in [0.5, 0.6) is 0 Å². The van der Waals surface area contributed by atoms with E-state index in [9.17, 15) is 24.0 Å². The van der Waals surface area contributed by atoms with E-state index in [2.05, 4.69) is 10.8 Å². The van der Waals surface area contributed by atoms with Crippen LogP contribution in [-0.2, 0) is 60.6 Å². The average molecular weight is 850 g/mol. The van der Waals surface area contributed by atoms with Crippen molar-refractivity contribution in [3.8, 4) is 0 Å². The molecule has 0 bridgehead atoms. The highest BCUT2D eigenvalue weighted by molar-refractivity contribution is 7.50. The number of quaternary nitrogens is 1. The average Bonchev–Trinajstić information content (AvgIpc) is 3.87. The molecule has 0 saturated carbocycles. The van der Waals surface area contributed by atoms with Crippen LogP contribution in [0.4, 0.5) is 0 Å². The molecular weight excluding hydrogens is 786 g/mol. The molecule has 0 aromatic heterocycles. The molecule has 6 unspecified atom stereocenters. The summed E-state index contributed by atoms with van der Waals surface area (Å²) in [6.07, 6.45) is -2.28. The first-order valence-corrected chi connectivity index (χ1v) is 22.6. The zero-order valence-electron chi connectivity index (χ0n) is 34.8. The van der Waals surface area contributed by atoms with Crippen molar-refractivity contribution in [2.75, 3.05) is 32.9 Å². The Labute approximate surface area is 344 Å². The van der Waals surface area contributed by atoms with Gasteiger partial charge in [-0.1, -0.05) is 6.92 Å². The SMILES string of the molecule is [B][C@@H]1O[C@H](COC(C)C)C(OP(=O)(O)NCC)[C@@H]1O.[B][C@@H]1O[C@H](COC(C)C)C2OP(=O)([O-])O[C@@H]21.[B][C@H]1CC(OC(C)C)CO1.[B][C@H]1CC(OC(C)C)[C@@H](C[NH3+])O1. The molecule has 5 rings (SSSR count). The fourth-order valence-electron chi connectivity index (χ4n) is 6.07. The molecular formula is C33H64B4N2O16P2. The van der Waals surface area contributed by atoms with E-state index >= 15 is 0 Å². The quantitative estimate of drug-likeness (QED) is 0.118. The Morgan fingerprint density at radius 3 is 1.89 bits per heavy atom. The van der Waals surface area contributed by atoms with Crippen molar-refractivity contribution < 1.29 is 81.2 Å². The van der Waals surface area contributed by atoms with E-state index in [1.165, 1.54) is 0 Å². The summed E-state index contributed by atoms with van der Waals surface area (Å²) in [6.45, 7) is 19.2. The molecule has 6 N–H and O–H groups in total. The van der Waals surface area contributed by atoms with Gasteiger partial charge in [0.1, 0.15) is 80.7 Å². The normalized spacial score (nSPS) is 38.4. The van der Waals surface area contributed by atoms with Gasteiger partial charge in [0.15, 0.2) is 0 Å². The molecule has 0 aromatic rings. The summed E-state index contributed by atoms with van der Waals surface area (Å²) in [6, 6.07) is -2.04. The fraction of sp³-hybridized carbons (Fsp3) is 1.00. The van der Waals surface area contributed by atoms with Crippen molar-refractivity contribution in [1.82, 2.24) is 5.09 Å². The molecule has 15 atom stereocenters. The molecule has 0 aliphatic carbocycles. The number of hydrogen-bond donors (Lipinski definition) is 4. The lowest BCUT2D eigenvalue weighted by Gasteiger charge is -2.24. The Kier molecular flexibility index (Phi) is 23.6. The van der Waals surface area contributed by atoms with E-state index in [1.54, 1.807) is 6.92 Å². The third-order valence-electron chi connectivity index (χ3n) is 8.45. The highest BCUT2D eigenvalue weighted by Gasteiger charge is 2.52. The van der Waals surface area contributed by atoms with Crippen LogP contribution in [0.3, 0.4) is 0 Å². The summed E-state index contributed by atoms with van der Waals surface area (Å²) in [5, 5.41) is 12.1. The first-order valence-electron chi connectivity index (χ1n) is 19.5. The van der Waals surface area contributed by atoms with Gasteiger partial charge >= 0.3 is 7.75 Å². The molecule has 324 valence electrons. The van der Waals surface area contributed by atoms with Gasteiger partial charge in [-0.15, -0.1) is 0 Å². The molecule has 5 fully saturated rings. The minimum absolute atomic E-state index is 0.0280. The summed E-state index contributed by atoms with van der Waals surface area (Å²) in [5.41, 5.74) is 3.80. The Morgan fingerprint density at radius 2 is 1.39 bits per heavy atom. The predicted molar refractivity (Wildman–Crippen MR) is 210 cm³/mol. The lowest BCUT2D eigenvalue weighted by atomic mass is 9.93. The molecule has 57 heavy (non-hydrogen) atoms. The fourth-order valence-corrected chi connectivity index (χ4v) is 8.27. The summed E-state index contributed by atoms with van der Waals surface area (Å²) in [5.74, 6) is 0. The maximum absolute atomic E-state index is 11.7.